The van der Waals surface area contributed by atoms with Crippen LogP contribution in [0.25, 0.3) is 27.6 Å². The number of halogens is 1. The molecule has 0 unspecified atom stereocenters. The molecule has 0 aliphatic carbocycles. The highest BCUT2D eigenvalue weighted by atomic mass is 79.9. The number of anilines is 1. The number of aromatic amines is 2. The molecule has 0 amide bonds. The van der Waals surface area contributed by atoms with E-state index in [4.69, 9.17) is 5.73 Å². The van der Waals surface area contributed by atoms with Gasteiger partial charge in [-0.2, -0.15) is 5.10 Å². The van der Waals surface area contributed by atoms with Crippen molar-refractivity contribution in [3.8, 4) is 5.69 Å². The number of hydrogen-bond acceptors (Lipinski definition) is 3. The fourth-order valence-corrected chi connectivity index (χ4v) is 3.83. The van der Waals surface area contributed by atoms with Gasteiger partial charge in [0, 0.05) is 33.1 Å². The third-order valence-corrected chi connectivity index (χ3v) is 5.23. The number of H-pyrrole nitrogens is 2. The standard InChI is InChI=1S/C20H17BrN6/c1-11-24-18-5-3-16(9-19(18)25-11)27-20(22)13(10-23-27)8-15-7-12-6-14(21)2-4-17(12)26-15/h2-7,9-10,26H,8,22H2,1H3,(H,24,25). The summed E-state index contributed by atoms with van der Waals surface area (Å²) in [5.41, 5.74) is 12.4. The van der Waals surface area contributed by atoms with Gasteiger partial charge >= 0.3 is 0 Å². The Morgan fingerprint density at radius 1 is 1.07 bits per heavy atom. The van der Waals surface area contributed by atoms with E-state index in [0.717, 1.165) is 43.8 Å². The summed E-state index contributed by atoms with van der Waals surface area (Å²) < 4.78 is 2.83. The van der Waals surface area contributed by atoms with Crippen LogP contribution in [0.15, 0.2) is 53.1 Å². The molecule has 3 aromatic heterocycles. The Bertz CT molecular complexity index is 1290. The molecule has 27 heavy (non-hydrogen) atoms. The lowest BCUT2D eigenvalue weighted by atomic mass is 10.1. The van der Waals surface area contributed by atoms with E-state index in [-0.39, 0.29) is 0 Å². The minimum absolute atomic E-state index is 0.640. The minimum atomic E-state index is 0.640. The van der Waals surface area contributed by atoms with E-state index >= 15 is 0 Å². The second-order valence-electron chi connectivity index (χ2n) is 6.69. The Morgan fingerprint density at radius 2 is 1.93 bits per heavy atom. The Morgan fingerprint density at radius 3 is 2.81 bits per heavy atom. The summed E-state index contributed by atoms with van der Waals surface area (Å²) in [4.78, 5) is 11.2. The summed E-state index contributed by atoms with van der Waals surface area (Å²) in [5.74, 6) is 1.53. The van der Waals surface area contributed by atoms with Gasteiger partial charge in [0.25, 0.3) is 0 Å². The van der Waals surface area contributed by atoms with Crippen LogP contribution in [-0.2, 0) is 6.42 Å². The first kappa shape index (κ1) is 16.1. The van der Waals surface area contributed by atoms with Gasteiger partial charge in [0.2, 0.25) is 0 Å². The first-order valence-electron chi connectivity index (χ1n) is 8.63. The van der Waals surface area contributed by atoms with Crippen LogP contribution in [0.1, 0.15) is 17.1 Å². The number of hydrogen-bond donors (Lipinski definition) is 3. The Kier molecular flexibility index (Phi) is 3.58. The number of rotatable bonds is 3. The second kappa shape index (κ2) is 5.99. The molecule has 0 radical (unpaired) electrons. The molecule has 0 spiro atoms. The number of imidazole rings is 1. The second-order valence-corrected chi connectivity index (χ2v) is 7.61. The van der Waals surface area contributed by atoms with Crippen LogP contribution in [0.5, 0.6) is 0 Å². The molecule has 5 aromatic rings. The molecule has 0 aliphatic heterocycles. The highest BCUT2D eigenvalue weighted by Gasteiger charge is 2.12. The molecule has 7 heteroatoms. The zero-order chi connectivity index (χ0) is 18.5. The third kappa shape index (κ3) is 2.80. The minimum Gasteiger partial charge on any atom is -0.383 e. The van der Waals surface area contributed by atoms with Gasteiger partial charge in [-0.3, -0.25) is 0 Å². The first-order valence-corrected chi connectivity index (χ1v) is 9.42. The molecule has 4 N–H and O–H groups in total. The van der Waals surface area contributed by atoms with Crippen LogP contribution >= 0.6 is 15.9 Å². The molecule has 0 aliphatic rings. The van der Waals surface area contributed by atoms with Gasteiger partial charge < -0.3 is 15.7 Å². The van der Waals surface area contributed by atoms with Crippen LogP contribution in [0.3, 0.4) is 0 Å². The van der Waals surface area contributed by atoms with Crippen molar-refractivity contribution < 1.29 is 0 Å². The van der Waals surface area contributed by atoms with Gasteiger partial charge in [-0.15, -0.1) is 0 Å². The smallest absolute Gasteiger partial charge is 0.130 e. The molecule has 0 saturated heterocycles. The van der Waals surface area contributed by atoms with Crippen molar-refractivity contribution in [3.63, 3.8) is 0 Å². The summed E-state index contributed by atoms with van der Waals surface area (Å²) in [7, 11) is 0. The number of nitrogens with one attached hydrogen (secondary N) is 2. The number of nitrogens with two attached hydrogens (primary N) is 1. The average Bonchev–Trinajstić information content (AvgIpc) is 3.30. The highest BCUT2D eigenvalue weighted by molar-refractivity contribution is 9.10. The number of benzene rings is 2. The zero-order valence-electron chi connectivity index (χ0n) is 14.6. The lowest BCUT2D eigenvalue weighted by molar-refractivity contribution is 0.892. The van der Waals surface area contributed by atoms with Crippen molar-refractivity contribution in [2.75, 3.05) is 5.73 Å². The first-order chi connectivity index (χ1) is 13.1. The summed E-state index contributed by atoms with van der Waals surface area (Å²) in [6, 6.07) is 14.3. The van der Waals surface area contributed by atoms with Crippen molar-refractivity contribution in [1.29, 1.82) is 0 Å². The summed E-state index contributed by atoms with van der Waals surface area (Å²) in [6.45, 7) is 1.94. The van der Waals surface area contributed by atoms with Gasteiger partial charge in [-0.25, -0.2) is 9.67 Å². The van der Waals surface area contributed by atoms with Crippen LogP contribution in [0, 0.1) is 6.92 Å². The van der Waals surface area contributed by atoms with Crippen LogP contribution < -0.4 is 5.73 Å². The molecular weight excluding hydrogens is 404 g/mol. The summed E-state index contributed by atoms with van der Waals surface area (Å²) in [6.07, 6.45) is 2.53. The summed E-state index contributed by atoms with van der Waals surface area (Å²) >= 11 is 3.51. The third-order valence-electron chi connectivity index (χ3n) is 4.74. The van der Waals surface area contributed by atoms with E-state index in [0.29, 0.717) is 12.2 Å². The Hall–Kier alpha value is -3.06. The SMILES string of the molecule is Cc1nc2cc(-n3ncc(Cc4cc5cc(Br)ccc5[nH]4)c3N)ccc2[nH]1. The monoisotopic (exact) mass is 420 g/mol. The van der Waals surface area contributed by atoms with E-state index in [1.807, 2.05) is 37.4 Å². The Balaban J connectivity index is 1.49. The fourth-order valence-electron chi connectivity index (χ4n) is 3.45. The number of nitrogens with zero attached hydrogens (tertiary/aromatic N) is 3. The van der Waals surface area contributed by atoms with Crippen LogP contribution in [-0.4, -0.2) is 24.7 Å². The normalized spacial score (nSPS) is 11.6. The topological polar surface area (TPSA) is 88.3 Å². The molecule has 0 atom stereocenters. The van der Waals surface area contributed by atoms with Gasteiger partial charge in [-0.05, 0) is 49.4 Å². The summed E-state index contributed by atoms with van der Waals surface area (Å²) in [5, 5.41) is 5.67. The molecule has 2 aromatic carbocycles. The zero-order valence-corrected chi connectivity index (χ0v) is 16.2. The van der Waals surface area contributed by atoms with Gasteiger partial charge in [-0.1, -0.05) is 15.9 Å². The molecule has 5 rings (SSSR count). The van der Waals surface area contributed by atoms with Crippen LogP contribution in [0.4, 0.5) is 5.82 Å². The fraction of sp³-hybridized carbons (Fsp3) is 0.100. The lowest BCUT2D eigenvalue weighted by Gasteiger charge is -2.05. The molecular formula is C20H17BrN6. The number of nitrogen functional groups attached to an aromatic ring is 1. The van der Waals surface area contributed by atoms with Crippen LogP contribution in [0.2, 0.25) is 0 Å². The molecule has 3 heterocycles. The molecule has 0 fully saturated rings. The number of aromatic nitrogens is 5. The highest BCUT2D eigenvalue weighted by Crippen LogP contribution is 2.25. The molecule has 134 valence electrons. The van der Waals surface area contributed by atoms with Crippen molar-refractivity contribution in [3.05, 3.63) is 70.2 Å². The van der Waals surface area contributed by atoms with Crippen molar-refractivity contribution in [2.45, 2.75) is 13.3 Å². The molecule has 6 nitrogen and oxygen atoms in total. The predicted molar refractivity (Wildman–Crippen MR) is 111 cm³/mol. The van der Waals surface area contributed by atoms with Gasteiger partial charge in [0.05, 0.1) is 22.9 Å². The van der Waals surface area contributed by atoms with Crippen molar-refractivity contribution in [1.82, 2.24) is 24.7 Å². The van der Waals surface area contributed by atoms with Crippen molar-refractivity contribution >= 4 is 43.7 Å². The van der Waals surface area contributed by atoms with Gasteiger partial charge in [0.1, 0.15) is 11.6 Å². The maximum Gasteiger partial charge on any atom is 0.130 e. The number of aryl methyl sites for hydroxylation is 1. The maximum atomic E-state index is 6.40. The van der Waals surface area contributed by atoms with E-state index in [1.54, 1.807) is 4.68 Å². The molecule has 0 bridgehead atoms. The van der Waals surface area contributed by atoms with Crippen molar-refractivity contribution in [2.24, 2.45) is 0 Å². The van der Waals surface area contributed by atoms with E-state index in [9.17, 15) is 0 Å². The Labute approximate surface area is 163 Å². The average molecular weight is 421 g/mol. The number of fused-ring (bicyclic) bond motifs is 2. The molecule has 0 saturated carbocycles. The quantitative estimate of drug-likeness (QED) is 0.402. The maximum absolute atomic E-state index is 6.40. The predicted octanol–water partition coefficient (Wildman–Crippen LogP) is 4.47. The van der Waals surface area contributed by atoms with E-state index in [1.165, 1.54) is 5.39 Å². The largest absolute Gasteiger partial charge is 0.383 e. The lowest BCUT2D eigenvalue weighted by Crippen LogP contribution is -2.03. The van der Waals surface area contributed by atoms with Gasteiger partial charge in [0.15, 0.2) is 0 Å². The van der Waals surface area contributed by atoms with E-state index < -0.39 is 0 Å². The van der Waals surface area contributed by atoms with E-state index in [2.05, 4.69) is 54.2 Å².